The number of Topliss-reactive ketones (excluding diaryl/α,β-unsaturated/α-hetero) is 1. The lowest BCUT2D eigenvalue weighted by atomic mass is 9.84. The number of carboxylic acid groups (broad SMARTS) is 2. The third kappa shape index (κ3) is 14.5. The lowest BCUT2D eigenvalue weighted by Gasteiger charge is -2.36. The molecule has 70 heavy (non-hydrogen) atoms. The third-order valence-corrected chi connectivity index (χ3v) is 15.2. The van der Waals surface area contributed by atoms with Crippen molar-refractivity contribution in [1.82, 2.24) is 15.1 Å². The number of hydrogen-bond donors (Lipinski definition) is 3. The number of carboxylic acids is 2. The molecule has 3 N–H and O–H groups in total. The predicted octanol–water partition coefficient (Wildman–Crippen LogP) is 9.35. The number of benzene rings is 6. The van der Waals surface area contributed by atoms with Crippen LogP contribution in [-0.4, -0.2) is 107 Å². The van der Waals surface area contributed by atoms with Gasteiger partial charge in [-0.1, -0.05) is 195 Å². The Morgan fingerprint density at radius 3 is 1.36 bits per heavy atom. The zero-order valence-electron chi connectivity index (χ0n) is 39.2. The van der Waals surface area contributed by atoms with Crippen molar-refractivity contribution in [3.8, 4) is 0 Å². The van der Waals surface area contributed by atoms with Gasteiger partial charge in [-0.3, -0.25) is 28.9 Å². The zero-order valence-corrected chi connectivity index (χ0v) is 40.9. The van der Waals surface area contributed by atoms with Gasteiger partial charge in [0, 0.05) is 31.0 Å². The Labute approximate surface area is 419 Å². The van der Waals surface area contributed by atoms with Crippen LogP contribution in [0.3, 0.4) is 0 Å². The second-order valence-corrected chi connectivity index (χ2v) is 19.5. The minimum atomic E-state index is -1.25. The fraction of sp³-hybridized carbons (Fsp3) is 0.281. The van der Waals surface area contributed by atoms with E-state index in [1.165, 1.54) is 0 Å². The SMILES string of the molecule is O=COCN(CC(=O)O)C(CCCCCC(=O)CN(CCSC(c1ccccc1)(c1ccccc1)c1ccccc1)CC(=O)NCCSC(c1ccccc1)(c1ccccc1)c1ccccc1)C(=O)O. The molecule has 0 fully saturated rings. The Morgan fingerprint density at radius 1 is 0.557 bits per heavy atom. The molecule has 0 saturated heterocycles. The average molecular weight is 980 g/mol. The van der Waals surface area contributed by atoms with E-state index >= 15 is 0 Å². The summed E-state index contributed by atoms with van der Waals surface area (Å²) in [4.78, 5) is 65.1. The Balaban J connectivity index is 1.16. The molecule has 0 aliphatic carbocycles. The van der Waals surface area contributed by atoms with Crippen molar-refractivity contribution in [1.29, 1.82) is 0 Å². The molecule has 6 aromatic carbocycles. The molecule has 0 spiro atoms. The molecular formula is C57H61N3O8S2. The van der Waals surface area contributed by atoms with Gasteiger partial charge in [0.1, 0.15) is 25.1 Å². The zero-order chi connectivity index (χ0) is 49.4. The molecule has 6 rings (SSSR count). The molecule has 0 radical (unpaired) electrons. The van der Waals surface area contributed by atoms with Gasteiger partial charge in [0.05, 0.1) is 22.6 Å². The van der Waals surface area contributed by atoms with E-state index in [-0.39, 0.29) is 44.1 Å². The van der Waals surface area contributed by atoms with Gasteiger partial charge in [0.15, 0.2) is 0 Å². The van der Waals surface area contributed by atoms with Gasteiger partial charge in [-0.25, -0.2) is 4.90 Å². The van der Waals surface area contributed by atoms with E-state index < -0.39 is 40.8 Å². The first-order chi connectivity index (χ1) is 34.2. The van der Waals surface area contributed by atoms with Crippen LogP contribution in [0.15, 0.2) is 182 Å². The highest BCUT2D eigenvalue weighted by Gasteiger charge is 2.38. The molecule has 364 valence electrons. The van der Waals surface area contributed by atoms with E-state index in [0.29, 0.717) is 43.9 Å². The largest absolute Gasteiger partial charge is 0.480 e. The normalized spacial score (nSPS) is 12.0. The molecule has 6 aromatic rings. The number of amides is 1. The Bertz CT molecular complexity index is 2330. The number of carbonyl (C=O) groups excluding carboxylic acids is 3. The minimum Gasteiger partial charge on any atom is -0.480 e. The molecule has 13 heteroatoms. The number of nitrogens with zero attached hydrogens (tertiary/aromatic N) is 2. The molecule has 0 bridgehead atoms. The maximum atomic E-state index is 14.0. The van der Waals surface area contributed by atoms with Crippen molar-refractivity contribution >= 4 is 53.6 Å². The first-order valence-electron chi connectivity index (χ1n) is 23.5. The first-order valence-corrected chi connectivity index (χ1v) is 25.5. The molecule has 1 amide bonds. The third-order valence-electron chi connectivity index (χ3n) is 12.1. The van der Waals surface area contributed by atoms with Gasteiger partial charge in [-0.2, -0.15) is 0 Å². The number of carbonyl (C=O) groups is 5. The summed E-state index contributed by atoms with van der Waals surface area (Å²) in [6.45, 7) is -0.0382. The van der Waals surface area contributed by atoms with Gasteiger partial charge in [0.2, 0.25) is 5.91 Å². The second-order valence-electron chi connectivity index (χ2n) is 16.8. The second kappa shape index (κ2) is 27.6. The molecule has 0 aliphatic heterocycles. The topological polar surface area (TPSA) is 154 Å². The molecule has 11 nitrogen and oxygen atoms in total. The van der Waals surface area contributed by atoms with Crippen molar-refractivity contribution in [3.05, 3.63) is 215 Å². The summed E-state index contributed by atoms with van der Waals surface area (Å²) in [5, 5.41) is 22.3. The maximum absolute atomic E-state index is 14.0. The Hall–Kier alpha value is -6.51. The van der Waals surface area contributed by atoms with Crippen molar-refractivity contribution < 1.29 is 38.9 Å². The summed E-state index contributed by atoms with van der Waals surface area (Å²) in [5.74, 6) is -1.52. The fourth-order valence-corrected chi connectivity index (χ4v) is 11.9. The summed E-state index contributed by atoms with van der Waals surface area (Å²) < 4.78 is 3.57. The first kappa shape index (κ1) is 52.9. The number of unbranched alkanes of at least 4 members (excludes halogenated alkanes) is 2. The molecule has 0 aromatic heterocycles. The molecule has 0 saturated carbocycles. The van der Waals surface area contributed by atoms with E-state index in [9.17, 15) is 34.2 Å². The fourth-order valence-electron chi connectivity index (χ4n) is 8.91. The summed E-state index contributed by atoms with van der Waals surface area (Å²) in [6.07, 6.45) is 1.73. The number of rotatable bonds is 31. The standard InChI is InChI=1S/C57H61N3O8S2/c61-44-68-43-60(42-54(64)65)52(55(66)67)35-21-7-20-34-51(62)40-59(37-39-70-57(48-28-14-4-15-29-48,49-30-16-5-17-31-49)50-32-18-6-19-33-50)41-53(63)58-36-38-69-56(45-22-8-1-9-23-45,46-24-10-2-11-25-46)47-26-12-3-13-27-47/h1-6,8-19,22-33,44,52H,7,20-21,34-43H2,(H,58,63)(H,64,65)(H,66,67). The van der Waals surface area contributed by atoms with Gasteiger partial charge in [-0.15, -0.1) is 23.5 Å². The van der Waals surface area contributed by atoms with Crippen LogP contribution in [0.25, 0.3) is 0 Å². The van der Waals surface area contributed by atoms with Crippen LogP contribution in [0.4, 0.5) is 0 Å². The quantitative estimate of drug-likeness (QED) is 0.0165. The minimum absolute atomic E-state index is 0.00966. The van der Waals surface area contributed by atoms with E-state index in [1.54, 1.807) is 23.5 Å². The number of thioether (sulfide) groups is 2. The van der Waals surface area contributed by atoms with Crippen LogP contribution in [0, 0.1) is 0 Å². The lowest BCUT2D eigenvalue weighted by molar-refractivity contribution is -0.154. The van der Waals surface area contributed by atoms with Crippen molar-refractivity contribution in [2.45, 2.75) is 47.6 Å². The van der Waals surface area contributed by atoms with E-state index in [0.717, 1.165) is 38.3 Å². The van der Waals surface area contributed by atoms with E-state index in [4.69, 9.17) is 4.74 Å². The molecule has 1 unspecified atom stereocenters. The van der Waals surface area contributed by atoms with Crippen molar-refractivity contribution in [2.75, 3.05) is 51.0 Å². The number of hydrogen-bond acceptors (Lipinski definition) is 10. The number of ketones is 1. The van der Waals surface area contributed by atoms with Gasteiger partial charge in [-0.05, 0) is 46.2 Å². The van der Waals surface area contributed by atoms with Gasteiger partial charge < -0.3 is 20.3 Å². The highest BCUT2D eigenvalue weighted by atomic mass is 32.2. The van der Waals surface area contributed by atoms with Crippen LogP contribution >= 0.6 is 23.5 Å². The molecular weight excluding hydrogens is 919 g/mol. The van der Waals surface area contributed by atoms with E-state index in [2.05, 4.69) is 115 Å². The average Bonchev–Trinajstić information content (AvgIpc) is 3.39. The summed E-state index contributed by atoms with van der Waals surface area (Å²) >= 11 is 3.53. The van der Waals surface area contributed by atoms with Gasteiger partial charge >= 0.3 is 11.9 Å². The monoisotopic (exact) mass is 979 g/mol. The maximum Gasteiger partial charge on any atom is 0.321 e. The molecule has 1 atom stereocenters. The van der Waals surface area contributed by atoms with Crippen LogP contribution in [0.5, 0.6) is 0 Å². The predicted molar refractivity (Wildman–Crippen MR) is 279 cm³/mol. The van der Waals surface area contributed by atoms with Crippen molar-refractivity contribution in [3.63, 3.8) is 0 Å². The van der Waals surface area contributed by atoms with Crippen LogP contribution in [0.1, 0.15) is 65.5 Å². The smallest absolute Gasteiger partial charge is 0.321 e. The Morgan fingerprint density at radius 2 is 0.971 bits per heavy atom. The van der Waals surface area contributed by atoms with Gasteiger partial charge in [0.25, 0.3) is 6.47 Å². The highest BCUT2D eigenvalue weighted by molar-refractivity contribution is 8.00. The summed E-state index contributed by atoms with van der Waals surface area (Å²) in [6, 6.07) is 61.2. The van der Waals surface area contributed by atoms with E-state index in [1.807, 2.05) is 77.7 Å². The number of ether oxygens (including phenoxy) is 1. The summed E-state index contributed by atoms with van der Waals surface area (Å²) in [7, 11) is 0. The lowest BCUT2D eigenvalue weighted by Crippen LogP contribution is -2.45. The Kier molecular flexibility index (Phi) is 20.9. The number of aliphatic carboxylic acids is 2. The van der Waals surface area contributed by atoms with Crippen LogP contribution < -0.4 is 5.32 Å². The number of nitrogens with one attached hydrogen (secondary N) is 1. The van der Waals surface area contributed by atoms with Crippen LogP contribution in [0.2, 0.25) is 0 Å². The summed E-state index contributed by atoms with van der Waals surface area (Å²) in [5.41, 5.74) is 6.74. The highest BCUT2D eigenvalue weighted by Crippen LogP contribution is 2.49. The van der Waals surface area contributed by atoms with Crippen LogP contribution in [-0.2, 0) is 38.2 Å². The molecule has 0 heterocycles. The van der Waals surface area contributed by atoms with Crippen molar-refractivity contribution in [2.24, 2.45) is 0 Å². The molecule has 0 aliphatic rings.